The number of aromatic nitrogens is 4. The smallest absolute Gasteiger partial charge is 0.359 e. The predicted octanol–water partition coefficient (Wildman–Crippen LogP) is 3.26. The third-order valence-electron chi connectivity index (χ3n) is 5.27. The van der Waals surface area contributed by atoms with Gasteiger partial charge in [-0.3, -0.25) is 5.10 Å². The van der Waals surface area contributed by atoms with Crippen LogP contribution in [0.25, 0.3) is 12.2 Å². The van der Waals surface area contributed by atoms with Gasteiger partial charge < -0.3 is 20.7 Å². The number of hydrogen-bond donors (Lipinski definition) is 3. The van der Waals surface area contributed by atoms with E-state index in [1.54, 1.807) is 6.08 Å². The van der Waals surface area contributed by atoms with E-state index in [-0.39, 0.29) is 17.5 Å². The number of piperidine rings is 1. The fourth-order valence-corrected chi connectivity index (χ4v) is 3.46. The Hall–Kier alpha value is -3.72. The molecule has 0 unspecified atom stereocenters. The molecule has 166 valence electrons. The molecule has 9 heteroatoms. The number of nitrogens with zero attached hydrogens (tertiary/aromatic N) is 4. The average Bonchev–Trinajstić information content (AvgIpc) is 3.21. The summed E-state index contributed by atoms with van der Waals surface area (Å²) in [4.78, 5) is 24.1. The van der Waals surface area contributed by atoms with Crippen LogP contribution in [0.1, 0.15) is 40.4 Å². The molecule has 0 bridgehead atoms. The number of aryl methyl sites for hydroxylation is 1. The molecule has 2 aromatic heterocycles. The fourth-order valence-electron chi connectivity index (χ4n) is 3.46. The van der Waals surface area contributed by atoms with Crippen molar-refractivity contribution in [3.05, 3.63) is 59.2 Å². The minimum Gasteiger partial charge on any atom is -0.457 e. The molecule has 0 atom stereocenters. The maximum absolute atomic E-state index is 13.0. The Bertz CT molecular complexity index is 1100. The molecule has 0 aliphatic carbocycles. The lowest BCUT2D eigenvalue weighted by Crippen LogP contribution is -2.35. The number of anilines is 3. The van der Waals surface area contributed by atoms with Gasteiger partial charge in [0.15, 0.2) is 23.2 Å². The van der Waals surface area contributed by atoms with Crippen molar-refractivity contribution in [3.8, 4) is 0 Å². The van der Waals surface area contributed by atoms with Crippen molar-refractivity contribution >= 4 is 35.4 Å². The van der Waals surface area contributed by atoms with Gasteiger partial charge in [0.1, 0.15) is 11.8 Å². The van der Waals surface area contributed by atoms with Gasteiger partial charge in [-0.1, -0.05) is 36.4 Å². The highest BCUT2D eigenvalue weighted by molar-refractivity contribution is 5.96. The van der Waals surface area contributed by atoms with Gasteiger partial charge in [-0.05, 0) is 38.5 Å². The number of H-pyrrole nitrogens is 1. The molecule has 9 nitrogen and oxygen atoms in total. The van der Waals surface area contributed by atoms with E-state index in [0.29, 0.717) is 17.5 Å². The first-order chi connectivity index (χ1) is 15.5. The van der Waals surface area contributed by atoms with Gasteiger partial charge in [-0.15, -0.1) is 0 Å². The van der Waals surface area contributed by atoms with E-state index in [9.17, 15) is 4.79 Å². The Labute approximate surface area is 186 Å². The Balaban J connectivity index is 1.63. The number of likely N-dealkylation sites (tertiary alicyclic amines) is 1. The molecule has 3 heterocycles. The van der Waals surface area contributed by atoms with Crippen LogP contribution in [-0.4, -0.2) is 57.3 Å². The third kappa shape index (κ3) is 5.30. The lowest BCUT2D eigenvalue weighted by atomic mass is 10.1. The van der Waals surface area contributed by atoms with Crippen molar-refractivity contribution in [2.75, 3.05) is 31.2 Å². The predicted molar refractivity (Wildman–Crippen MR) is 124 cm³/mol. The number of aromatic amines is 1. The van der Waals surface area contributed by atoms with E-state index in [1.165, 1.54) is 0 Å². The van der Waals surface area contributed by atoms with E-state index in [2.05, 4.69) is 37.4 Å². The summed E-state index contributed by atoms with van der Waals surface area (Å²) in [6.45, 7) is 3.65. The highest BCUT2D eigenvalue weighted by Gasteiger charge is 2.25. The standard InChI is InChI=1S/C23H27N7O2/c1-15-14-19(29-28-15)27-22-20(24)21(23(31)32-17-10-12-30(2)13-11-17)25-18(26-22)9-8-16-6-4-3-5-7-16/h3-9,14,17H,10-13,24H2,1-2H3,(H2,25,26,27,28,29)/b9-8+. The maximum Gasteiger partial charge on any atom is 0.359 e. The highest BCUT2D eigenvalue weighted by atomic mass is 16.5. The van der Waals surface area contributed by atoms with Crippen LogP contribution in [0.4, 0.5) is 17.3 Å². The molecular weight excluding hydrogens is 406 g/mol. The van der Waals surface area contributed by atoms with Crippen LogP contribution < -0.4 is 11.1 Å². The van der Waals surface area contributed by atoms with Crippen LogP contribution in [0.2, 0.25) is 0 Å². The van der Waals surface area contributed by atoms with Gasteiger partial charge in [0.25, 0.3) is 0 Å². The Morgan fingerprint density at radius 1 is 1.22 bits per heavy atom. The molecule has 1 aliphatic heterocycles. The van der Waals surface area contributed by atoms with Crippen LogP contribution in [-0.2, 0) is 4.74 Å². The van der Waals surface area contributed by atoms with Crippen molar-refractivity contribution in [2.24, 2.45) is 0 Å². The molecule has 1 aliphatic rings. The van der Waals surface area contributed by atoms with E-state index >= 15 is 0 Å². The van der Waals surface area contributed by atoms with Gasteiger partial charge in [-0.2, -0.15) is 5.10 Å². The zero-order valence-corrected chi connectivity index (χ0v) is 18.2. The third-order valence-corrected chi connectivity index (χ3v) is 5.27. The van der Waals surface area contributed by atoms with E-state index in [0.717, 1.165) is 37.2 Å². The molecule has 0 saturated carbocycles. The molecule has 4 N–H and O–H groups in total. The summed E-state index contributed by atoms with van der Waals surface area (Å²) in [5, 5.41) is 10.1. The van der Waals surface area contributed by atoms with Crippen LogP contribution in [0.15, 0.2) is 36.4 Å². The molecule has 32 heavy (non-hydrogen) atoms. The first-order valence-corrected chi connectivity index (χ1v) is 10.6. The summed E-state index contributed by atoms with van der Waals surface area (Å²) < 4.78 is 5.72. The Kier molecular flexibility index (Phi) is 6.46. The molecule has 1 saturated heterocycles. The number of carbonyl (C=O) groups is 1. The molecule has 0 radical (unpaired) electrons. The zero-order valence-electron chi connectivity index (χ0n) is 18.2. The van der Waals surface area contributed by atoms with Crippen molar-refractivity contribution in [2.45, 2.75) is 25.9 Å². The SMILES string of the molecule is Cc1cc(Nc2nc(/C=C/c3ccccc3)nc(C(=O)OC3CCN(C)CC3)c2N)n[nH]1. The summed E-state index contributed by atoms with van der Waals surface area (Å²) in [6, 6.07) is 11.6. The maximum atomic E-state index is 13.0. The zero-order chi connectivity index (χ0) is 22.5. The Morgan fingerprint density at radius 2 is 1.97 bits per heavy atom. The minimum atomic E-state index is -0.546. The minimum absolute atomic E-state index is 0.0430. The first kappa shape index (κ1) is 21.5. The number of nitrogen functional groups attached to an aromatic ring is 1. The van der Waals surface area contributed by atoms with Gasteiger partial charge in [0.2, 0.25) is 0 Å². The van der Waals surface area contributed by atoms with Crippen molar-refractivity contribution in [1.82, 2.24) is 25.1 Å². The van der Waals surface area contributed by atoms with E-state index in [4.69, 9.17) is 10.5 Å². The molecule has 0 spiro atoms. The summed E-state index contributed by atoms with van der Waals surface area (Å²) in [5.41, 5.74) is 8.32. The molecule has 4 rings (SSSR count). The van der Waals surface area contributed by atoms with Crippen molar-refractivity contribution in [1.29, 1.82) is 0 Å². The molecule has 1 fully saturated rings. The average molecular weight is 434 g/mol. The number of nitrogens with one attached hydrogen (secondary N) is 2. The van der Waals surface area contributed by atoms with E-state index in [1.807, 2.05) is 49.4 Å². The number of benzene rings is 1. The quantitative estimate of drug-likeness (QED) is 0.507. The number of hydrogen-bond acceptors (Lipinski definition) is 8. The number of rotatable bonds is 6. The van der Waals surface area contributed by atoms with Gasteiger partial charge in [0, 0.05) is 24.8 Å². The van der Waals surface area contributed by atoms with Gasteiger partial charge in [0.05, 0.1) is 0 Å². The van der Waals surface area contributed by atoms with Crippen LogP contribution >= 0.6 is 0 Å². The largest absolute Gasteiger partial charge is 0.457 e. The second kappa shape index (κ2) is 9.61. The molecular formula is C23H27N7O2. The summed E-state index contributed by atoms with van der Waals surface area (Å²) in [6.07, 6.45) is 5.03. The summed E-state index contributed by atoms with van der Waals surface area (Å²) in [5.74, 6) is 0.637. The topological polar surface area (TPSA) is 122 Å². The fraction of sp³-hybridized carbons (Fsp3) is 0.304. The van der Waals surface area contributed by atoms with Gasteiger partial charge in [-0.25, -0.2) is 14.8 Å². The van der Waals surface area contributed by atoms with Crippen molar-refractivity contribution < 1.29 is 9.53 Å². The number of ether oxygens (including phenoxy) is 1. The highest BCUT2D eigenvalue weighted by Crippen LogP contribution is 2.25. The lowest BCUT2D eigenvalue weighted by Gasteiger charge is -2.28. The molecule has 3 aromatic rings. The van der Waals surface area contributed by atoms with Crippen LogP contribution in [0, 0.1) is 6.92 Å². The molecule has 0 amide bonds. The first-order valence-electron chi connectivity index (χ1n) is 10.6. The van der Waals surface area contributed by atoms with Crippen molar-refractivity contribution in [3.63, 3.8) is 0 Å². The molecule has 1 aromatic carbocycles. The second-order valence-corrected chi connectivity index (χ2v) is 7.91. The van der Waals surface area contributed by atoms with Crippen LogP contribution in [0.5, 0.6) is 0 Å². The van der Waals surface area contributed by atoms with Gasteiger partial charge >= 0.3 is 5.97 Å². The number of esters is 1. The summed E-state index contributed by atoms with van der Waals surface area (Å²) in [7, 11) is 2.06. The normalized spacial score (nSPS) is 15.2. The Morgan fingerprint density at radius 3 is 2.66 bits per heavy atom. The summed E-state index contributed by atoms with van der Waals surface area (Å²) >= 11 is 0. The second-order valence-electron chi connectivity index (χ2n) is 7.91. The van der Waals surface area contributed by atoms with Crippen LogP contribution in [0.3, 0.4) is 0 Å². The lowest BCUT2D eigenvalue weighted by molar-refractivity contribution is 0.0134. The van der Waals surface area contributed by atoms with E-state index < -0.39 is 5.97 Å². The number of nitrogens with two attached hydrogens (primary N) is 1. The monoisotopic (exact) mass is 433 g/mol. The number of carbonyl (C=O) groups excluding carboxylic acids is 1.